The van der Waals surface area contributed by atoms with E-state index in [0.29, 0.717) is 48.5 Å². The topological polar surface area (TPSA) is 75.3 Å². The summed E-state index contributed by atoms with van der Waals surface area (Å²) in [4.78, 5) is 23.9. The van der Waals surface area contributed by atoms with Gasteiger partial charge in [0.15, 0.2) is 0 Å². The van der Waals surface area contributed by atoms with E-state index in [4.69, 9.17) is 4.74 Å². The maximum absolute atomic E-state index is 13.6. The van der Waals surface area contributed by atoms with Crippen LogP contribution in [-0.2, 0) is 23.8 Å². The predicted molar refractivity (Wildman–Crippen MR) is 155 cm³/mol. The average molecular weight is 554 g/mol. The first-order chi connectivity index (χ1) is 19.4. The minimum absolute atomic E-state index is 0.0535. The van der Waals surface area contributed by atoms with Gasteiger partial charge in [-0.05, 0) is 71.6 Å². The van der Waals surface area contributed by atoms with E-state index in [1.807, 2.05) is 54.3 Å². The summed E-state index contributed by atoms with van der Waals surface area (Å²) in [6.45, 7) is 3.32. The van der Waals surface area contributed by atoms with Crippen molar-refractivity contribution >= 4 is 27.7 Å². The minimum atomic E-state index is -1.10. The lowest BCUT2D eigenvalue weighted by Gasteiger charge is -2.22. The highest BCUT2D eigenvalue weighted by molar-refractivity contribution is 7.84. The van der Waals surface area contributed by atoms with E-state index in [0.717, 1.165) is 38.5 Å². The molecule has 1 N–H and O–H groups in total. The number of halogens is 1. The van der Waals surface area contributed by atoms with Crippen LogP contribution >= 0.6 is 0 Å². The van der Waals surface area contributed by atoms with Crippen molar-refractivity contribution in [2.75, 3.05) is 19.4 Å². The molecular weight excluding hydrogens is 525 g/mol. The standard InChI is InChI=1S/C32H28FN3O3S/c1-3-20-17-26(40(2)38)10-11-27(20)32(37)36-14-15-39-30-13-8-23(16-24(30)19-36)21-4-6-22(7-5-21)31-34-28-12-9-25(33)18-29(28)35-31/h4-13,16-18H,3,14-15,19H2,1-2H3,(H,34,35). The SMILES string of the molecule is CCc1cc(S(C)=O)ccc1C(=O)N1CCOc2ccc(-c3ccc(-c4nc5ccc(F)cc5[nH]4)cc3)cc2C1. The summed E-state index contributed by atoms with van der Waals surface area (Å²) < 4.78 is 31.5. The third kappa shape index (κ3) is 5.02. The summed E-state index contributed by atoms with van der Waals surface area (Å²) >= 11 is 0. The fraction of sp³-hybridized carbons (Fsp3) is 0.188. The number of ether oxygens (including phenoxy) is 1. The molecule has 6 nitrogen and oxygen atoms in total. The van der Waals surface area contributed by atoms with Crippen LogP contribution in [0.25, 0.3) is 33.5 Å². The smallest absolute Gasteiger partial charge is 0.254 e. The summed E-state index contributed by atoms with van der Waals surface area (Å²) in [6.07, 6.45) is 2.32. The van der Waals surface area contributed by atoms with Crippen molar-refractivity contribution in [3.05, 3.63) is 101 Å². The van der Waals surface area contributed by atoms with Gasteiger partial charge in [0.2, 0.25) is 0 Å². The van der Waals surface area contributed by atoms with Crippen LogP contribution in [0.2, 0.25) is 0 Å². The van der Waals surface area contributed by atoms with Crippen molar-refractivity contribution in [2.45, 2.75) is 24.8 Å². The molecule has 0 fully saturated rings. The number of carbonyl (C=O) groups is 1. The van der Waals surface area contributed by atoms with Crippen molar-refractivity contribution in [3.8, 4) is 28.3 Å². The van der Waals surface area contributed by atoms with E-state index in [2.05, 4.69) is 16.0 Å². The van der Waals surface area contributed by atoms with Gasteiger partial charge in [0.25, 0.3) is 5.91 Å². The van der Waals surface area contributed by atoms with Gasteiger partial charge in [-0.25, -0.2) is 9.37 Å². The molecule has 4 aromatic carbocycles. The van der Waals surface area contributed by atoms with E-state index < -0.39 is 10.8 Å². The number of aromatic amines is 1. The number of aryl methyl sites for hydroxylation is 1. The number of H-pyrrole nitrogens is 1. The third-order valence-corrected chi connectivity index (χ3v) is 8.20. The van der Waals surface area contributed by atoms with Crippen LogP contribution in [0.1, 0.15) is 28.4 Å². The molecule has 0 aliphatic carbocycles. The number of nitrogens with zero attached hydrogens (tertiary/aromatic N) is 2. The number of nitrogens with one attached hydrogen (secondary N) is 1. The molecule has 1 aromatic heterocycles. The molecule has 0 saturated carbocycles. The molecule has 5 aromatic rings. The number of fused-ring (bicyclic) bond motifs is 2. The van der Waals surface area contributed by atoms with Gasteiger partial charge in [-0.15, -0.1) is 0 Å². The largest absolute Gasteiger partial charge is 0.491 e. The summed E-state index contributed by atoms with van der Waals surface area (Å²) in [5.41, 5.74) is 6.78. The number of aromatic nitrogens is 2. The first-order valence-corrected chi connectivity index (χ1v) is 14.7. The zero-order valence-electron chi connectivity index (χ0n) is 22.2. The van der Waals surface area contributed by atoms with Crippen LogP contribution in [-0.4, -0.2) is 44.4 Å². The van der Waals surface area contributed by atoms with Crippen molar-refractivity contribution < 1.29 is 18.1 Å². The van der Waals surface area contributed by atoms with Crippen molar-refractivity contribution in [1.82, 2.24) is 14.9 Å². The van der Waals surface area contributed by atoms with Crippen LogP contribution in [0.3, 0.4) is 0 Å². The van der Waals surface area contributed by atoms with E-state index in [-0.39, 0.29) is 11.7 Å². The number of hydrogen-bond acceptors (Lipinski definition) is 4. The average Bonchev–Trinajstić information content (AvgIpc) is 3.27. The van der Waals surface area contributed by atoms with Crippen LogP contribution in [0.4, 0.5) is 4.39 Å². The van der Waals surface area contributed by atoms with Gasteiger partial charge in [0, 0.05) is 45.2 Å². The number of benzene rings is 4. The number of amides is 1. The van der Waals surface area contributed by atoms with Gasteiger partial charge < -0.3 is 14.6 Å². The molecule has 1 amide bonds. The Kier molecular flexibility index (Phi) is 6.94. The van der Waals surface area contributed by atoms with E-state index in [1.54, 1.807) is 24.5 Å². The van der Waals surface area contributed by atoms with E-state index in [1.165, 1.54) is 12.1 Å². The zero-order chi connectivity index (χ0) is 27.8. The lowest BCUT2D eigenvalue weighted by molar-refractivity contribution is 0.0732. The second kappa shape index (κ2) is 10.7. The highest BCUT2D eigenvalue weighted by Crippen LogP contribution is 2.31. The number of rotatable bonds is 5. The molecule has 1 aliphatic rings. The van der Waals surface area contributed by atoms with Gasteiger partial charge >= 0.3 is 0 Å². The van der Waals surface area contributed by atoms with Crippen molar-refractivity contribution in [1.29, 1.82) is 0 Å². The van der Waals surface area contributed by atoms with Gasteiger partial charge in [-0.1, -0.05) is 37.3 Å². The third-order valence-electron chi connectivity index (χ3n) is 7.28. The minimum Gasteiger partial charge on any atom is -0.491 e. The van der Waals surface area contributed by atoms with Crippen molar-refractivity contribution in [2.24, 2.45) is 0 Å². The second-order valence-electron chi connectivity index (χ2n) is 9.85. The van der Waals surface area contributed by atoms with E-state index in [9.17, 15) is 13.4 Å². The highest BCUT2D eigenvalue weighted by atomic mass is 32.2. The Hall–Kier alpha value is -4.30. The molecule has 0 bridgehead atoms. The molecule has 0 spiro atoms. The Balaban J connectivity index is 1.25. The van der Waals surface area contributed by atoms with Crippen molar-refractivity contribution in [3.63, 3.8) is 0 Å². The Morgan fingerprint density at radius 2 is 1.77 bits per heavy atom. The van der Waals surface area contributed by atoms with E-state index >= 15 is 0 Å². The van der Waals surface area contributed by atoms with Gasteiger partial charge in [-0.3, -0.25) is 9.00 Å². The maximum atomic E-state index is 13.6. The second-order valence-corrected chi connectivity index (χ2v) is 11.2. The summed E-state index contributed by atoms with van der Waals surface area (Å²) in [7, 11) is -1.10. The Morgan fingerprint density at radius 3 is 2.55 bits per heavy atom. The Bertz CT molecular complexity index is 1760. The summed E-state index contributed by atoms with van der Waals surface area (Å²) in [6, 6.07) is 24.0. The fourth-order valence-corrected chi connectivity index (χ4v) is 5.67. The zero-order valence-corrected chi connectivity index (χ0v) is 23.1. The Labute approximate surface area is 234 Å². The normalized spacial score (nSPS) is 13.9. The molecule has 1 unspecified atom stereocenters. The van der Waals surface area contributed by atoms with Crippen LogP contribution in [0.15, 0.2) is 83.8 Å². The maximum Gasteiger partial charge on any atom is 0.254 e. The molecule has 6 rings (SSSR count). The van der Waals surface area contributed by atoms with Crippen LogP contribution in [0.5, 0.6) is 5.75 Å². The lowest BCUT2D eigenvalue weighted by Crippen LogP contribution is -2.33. The van der Waals surface area contributed by atoms with Crippen LogP contribution < -0.4 is 4.74 Å². The fourth-order valence-electron chi connectivity index (χ4n) is 5.11. The molecule has 1 atom stereocenters. The molecule has 40 heavy (non-hydrogen) atoms. The van der Waals surface area contributed by atoms with Crippen LogP contribution in [0, 0.1) is 5.82 Å². The quantitative estimate of drug-likeness (QED) is 0.274. The molecule has 8 heteroatoms. The summed E-state index contributed by atoms with van der Waals surface area (Å²) in [5, 5.41) is 0. The monoisotopic (exact) mass is 553 g/mol. The Morgan fingerprint density at radius 1 is 1.00 bits per heavy atom. The number of imidazole rings is 1. The first kappa shape index (κ1) is 26.0. The number of hydrogen-bond donors (Lipinski definition) is 1. The number of carbonyl (C=O) groups excluding carboxylic acids is 1. The molecule has 2 heterocycles. The van der Waals surface area contributed by atoms with Gasteiger partial charge in [-0.2, -0.15) is 0 Å². The molecule has 0 saturated heterocycles. The van der Waals surface area contributed by atoms with Gasteiger partial charge in [0.05, 0.1) is 17.6 Å². The first-order valence-electron chi connectivity index (χ1n) is 13.2. The molecular formula is C32H28FN3O3S. The van der Waals surface area contributed by atoms with Gasteiger partial charge in [0.1, 0.15) is 24.0 Å². The summed E-state index contributed by atoms with van der Waals surface area (Å²) in [5.74, 6) is 1.10. The highest BCUT2D eigenvalue weighted by Gasteiger charge is 2.23. The molecule has 1 aliphatic heterocycles. The molecule has 0 radical (unpaired) electrons. The molecule has 202 valence electrons. The predicted octanol–water partition coefficient (Wildman–Crippen LogP) is 6.37. The lowest BCUT2D eigenvalue weighted by atomic mass is 10.00.